The zero-order valence-electron chi connectivity index (χ0n) is 7.94. The van der Waals surface area contributed by atoms with Crippen LogP contribution in [-0.2, 0) is 6.54 Å². The molecule has 0 saturated heterocycles. The van der Waals surface area contributed by atoms with Gasteiger partial charge in [0, 0.05) is 6.54 Å². The van der Waals surface area contributed by atoms with Crippen molar-refractivity contribution in [3.05, 3.63) is 16.6 Å². The highest BCUT2D eigenvalue weighted by molar-refractivity contribution is 7.71. The Morgan fingerprint density at radius 1 is 1.64 bits per heavy atom. The summed E-state index contributed by atoms with van der Waals surface area (Å²) in [6, 6.07) is 1.91. The summed E-state index contributed by atoms with van der Waals surface area (Å²) in [5.41, 5.74) is 1.78. The zero-order valence-corrected chi connectivity index (χ0v) is 8.76. The van der Waals surface area contributed by atoms with Crippen molar-refractivity contribution >= 4 is 12.2 Å². The molecule has 2 rings (SSSR count). The van der Waals surface area contributed by atoms with Crippen LogP contribution in [0.15, 0.2) is 10.5 Å². The molecule has 0 aliphatic rings. The van der Waals surface area contributed by atoms with Crippen molar-refractivity contribution in [2.75, 3.05) is 0 Å². The molecule has 0 aliphatic carbocycles. The number of hydrogen-bond donors (Lipinski definition) is 1. The number of H-pyrrole nitrogens is 1. The summed E-state index contributed by atoms with van der Waals surface area (Å²) in [6.07, 6.45) is 0. The Bertz CT molecular complexity index is 495. The Morgan fingerprint density at radius 2 is 2.43 bits per heavy atom. The van der Waals surface area contributed by atoms with Gasteiger partial charge in [0.15, 0.2) is 0 Å². The molecule has 2 heterocycles. The smallest absolute Gasteiger partial charge is 0.284 e. The SMILES string of the molecule is CCn1nc(C)cc1-c1n[nH]c(=S)o1. The van der Waals surface area contributed by atoms with Gasteiger partial charge in [0.25, 0.3) is 10.7 Å². The van der Waals surface area contributed by atoms with Crippen LogP contribution in [0.4, 0.5) is 0 Å². The lowest BCUT2D eigenvalue weighted by molar-refractivity contribution is 0.539. The van der Waals surface area contributed by atoms with Crippen molar-refractivity contribution in [2.24, 2.45) is 0 Å². The minimum atomic E-state index is 0.279. The quantitative estimate of drug-likeness (QED) is 0.769. The largest absolute Gasteiger partial charge is 0.408 e. The van der Waals surface area contributed by atoms with Gasteiger partial charge >= 0.3 is 0 Å². The van der Waals surface area contributed by atoms with Crippen LogP contribution >= 0.6 is 12.2 Å². The summed E-state index contributed by atoms with van der Waals surface area (Å²) in [4.78, 5) is 0.279. The third-order valence-corrected chi connectivity index (χ3v) is 2.03. The predicted molar refractivity (Wildman–Crippen MR) is 53.3 cm³/mol. The predicted octanol–water partition coefficient (Wildman–Crippen LogP) is 1.92. The molecule has 0 bridgehead atoms. The Kier molecular flexibility index (Phi) is 2.20. The van der Waals surface area contributed by atoms with Gasteiger partial charge in [-0.15, -0.1) is 5.10 Å². The lowest BCUT2D eigenvalue weighted by Gasteiger charge is -1.97. The fourth-order valence-corrected chi connectivity index (χ4v) is 1.42. The Labute approximate surface area is 85.8 Å². The Morgan fingerprint density at radius 3 is 3.00 bits per heavy atom. The normalized spacial score (nSPS) is 10.7. The molecule has 74 valence electrons. The van der Waals surface area contributed by atoms with Gasteiger partial charge in [0.1, 0.15) is 5.69 Å². The highest BCUT2D eigenvalue weighted by Gasteiger charge is 2.11. The van der Waals surface area contributed by atoms with Gasteiger partial charge in [-0.05, 0) is 32.1 Å². The van der Waals surface area contributed by atoms with E-state index in [2.05, 4.69) is 15.3 Å². The second-order valence-electron chi connectivity index (χ2n) is 2.91. The van der Waals surface area contributed by atoms with Gasteiger partial charge in [-0.1, -0.05) is 0 Å². The van der Waals surface area contributed by atoms with E-state index < -0.39 is 0 Å². The van der Waals surface area contributed by atoms with E-state index in [9.17, 15) is 0 Å². The summed E-state index contributed by atoms with van der Waals surface area (Å²) in [5, 5.41) is 10.8. The van der Waals surface area contributed by atoms with Crippen molar-refractivity contribution in [3.8, 4) is 11.6 Å². The summed E-state index contributed by atoms with van der Waals surface area (Å²) in [6.45, 7) is 4.71. The van der Waals surface area contributed by atoms with E-state index in [1.54, 1.807) is 0 Å². The van der Waals surface area contributed by atoms with Crippen molar-refractivity contribution in [2.45, 2.75) is 20.4 Å². The van der Waals surface area contributed by atoms with Gasteiger partial charge < -0.3 is 4.42 Å². The van der Waals surface area contributed by atoms with Crippen molar-refractivity contribution in [1.29, 1.82) is 0 Å². The van der Waals surface area contributed by atoms with Gasteiger partial charge in [-0.25, -0.2) is 5.10 Å². The maximum Gasteiger partial charge on any atom is 0.284 e. The number of nitrogens with zero attached hydrogens (tertiary/aromatic N) is 3. The number of aromatic nitrogens is 4. The molecule has 0 unspecified atom stereocenters. The number of aromatic amines is 1. The van der Waals surface area contributed by atoms with Gasteiger partial charge in [0.05, 0.1) is 5.69 Å². The molecule has 0 spiro atoms. The summed E-state index contributed by atoms with van der Waals surface area (Å²) < 4.78 is 7.04. The number of rotatable bonds is 2. The molecule has 5 nitrogen and oxygen atoms in total. The molecular weight excluding hydrogens is 200 g/mol. The lowest BCUT2D eigenvalue weighted by Crippen LogP contribution is -1.99. The zero-order chi connectivity index (χ0) is 10.1. The minimum Gasteiger partial charge on any atom is -0.408 e. The maximum absolute atomic E-state index is 5.21. The summed E-state index contributed by atoms with van der Waals surface area (Å²) in [7, 11) is 0. The first-order chi connectivity index (χ1) is 6.70. The molecule has 0 fully saturated rings. The van der Waals surface area contributed by atoms with Crippen LogP contribution in [0.5, 0.6) is 0 Å². The first-order valence-electron chi connectivity index (χ1n) is 4.31. The molecule has 0 aromatic carbocycles. The highest BCUT2D eigenvalue weighted by atomic mass is 32.1. The topological polar surface area (TPSA) is 59.6 Å². The number of aryl methyl sites for hydroxylation is 2. The second kappa shape index (κ2) is 3.38. The van der Waals surface area contributed by atoms with Gasteiger partial charge in [-0.2, -0.15) is 5.10 Å². The van der Waals surface area contributed by atoms with Crippen LogP contribution < -0.4 is 0 Å². The molecular formula is C8H10N4OS. The molecule has 0 radical (unpaired) electrons. The van der Waals surface area contributed by atoms with Crippen LogP contribution in [0.3, 0.4) is 0 Å². The standard InChI is InChI=1S/C8H10N4OS/c1-3-12-6(4-5(2)11-12)7-9-10-8(14)13-7/h4H,3H2,1-2H3,(H,10,14). The highest BCUT2D eigenvalue weighted by Crippen LogP contribution is 2.17. The second-order valence-corrected chi connectivity index (χ2v) is 3.28. The van der Waals surface area contributed by atoms with E-state index in [0.29, 0.717) is 5.89 Å². The third-order valence-electron chi connectivity index (χ3n) is 1.86. The number of hydrogen-bond acceptors (Lipinski definition) is 4. The molecule has 14 heavy (non-hydrogen) atoms. The van der Waals surface area contributed by atoms with Crippen molar-refractivity contribution in [1.82, 2.24) is 20.0 Å². The van der Waals surface area contributed by atoms with E-state index in [1.807, 2.05) is 24.6 Å². The summed E-state index contributed by atoms with van der Waals surface area (Å²) >= 11 is 4.80. The van der Waals surface area contributed by atoms with Crippen LogP contribution in [-0.4, -0.2) is 20.0 Å². The fourth-order valence-electron chi connectivity index (χ4n) is 1.30. The minimum absolute atomic E-state index is 0.279. The molecule has 0 atom stereocenters. The average Bonchev–Trinajstić information content (AvgIpc) is 2.71. The van der Waals surface area contributed by atoms with Gasteiger partial charge in [-0.3, -0.25) is 4.68 Å². The van der Waals surface area contributed by atoms with Crippen molar-refractivity contribution in [3.63, 3.8) is 0 Å². The molecule has 0 aliphatic heterocycles. The molecule has 6 heteroatoms. The maximum atomic E-state index is 5.21. The molecule has 1 N–H and O–H groups in total. The van der Waals surface area contributed by atoms with Gasteiger partial charge in [0.2, 0.25) is 0 Å². The van der Waals surface area contributed by atoms with E-state index in [4.69, 9.17) is 16.6 Å². The van der Waals surface area contributed by atoms with E-state index >= 15 is 0 Å². The molecule has 0 amide bonds. The van der Waals surface area contributed by atoms with Crippen LogP contribution in [0, 0.1) is 11.8 Å². The van der Waals surface area contributed by atoms with Crippen LogP contribution in [0.25, 0.3) is 11.6 Å². The number of nitrogens with one attached hydrogen (secondary N) is 1. The monoisotopic (exact) mass is 210 g/mol. The van der Waals surface area contributed by atoms with Crippen LogP contribution in [0.2, 0.25) is 0 Å². The summed E-state index contributed by atoms with van der Waals surface area (Å²) in [5.74, 6) is 0.484. The Balaban J connectivity index is 2.55. The van der Waals surface area contributed by atoms with E-state index in [0.717, 1.165) is 17.9 Å². The van der Waals surface area contributed by atoms with Crippen molar-refractivity contribution < 1.29 is 4.42 Å². The average molecular weight is 210 g/mol. The Hall–Kier alpha value is -1.43. The molecule has 2 aromatic heterocycles. The fraction of sp³-hybridized carbons (Fsp3) is 0.375. The lowest BCUT2D eigenvalue weighted by atomic mass is 10.4. The molecule has 0 saturated carbocycles. The van der Waals surface area contributed by atoms with Crippen LogP contribution in [0.1, 0.15) is 12.6 Å². The third kappa shape index (κ3) is 1.48. The van der Waals surface area contributed by atoms with E-state index in [-0.39, 0.29) is 4.84 Å². The first kappa shape index (κ1) is 9.14. The molecule has 2 aromatic rings. The van der Waals surface area contributed by atoms with E-state index in [1.165, 1.54) is 0 Å². The first-order valence-corrected chi connectivity index (χ1v) is 4.72.